The summed E-state index contributed by atoms with van der Waals surface area (Å²) in [5, 5.41) is 3.03. The summed E-state index contributed by atoms with van der Waals surface area (Å²) in [5.41, 5.74) is 13.1. The minimum absolute atomic E-state index is 0.112. The Bertz CT molecular complexity index is 470. The highest BCUT2D eigenvalue weighted by Crippen LogP contribution is 2.08. The molecule has 2 rings (SSSR count). The average Bonchev–Trinajstić information content (AvgIpc) is 2.59. The number of anilines is 3. The summed E-state index contributed by atoms with van der Waals surface area (Å²) in [7, 11) is 0. The topological polar surface area (TPSA) is 119 Å². The maximum absolute atomic E-state index is 5.45. The minimum Gasteiger partial charge on any atom is -0.368 e. The molecule has 0 aliphatic heterocycles. The summed E-state index contributed by atoms with van der Waals surface area (Å²) >= 11 is 0. The van der Waals surface area contributed by atoms with Gasteiger partial charge < -0.3 is 21.8 Å². The molecule has 2 aromatic rings. The van der Waals surface area contributed by atoms with Gasteiger partial charge in [-0.25, -0.2) is 0 Å². The van der Waals surface area contributed by atoms with Gasteiger partial charge in [0, 0.05) is 18.4 Å². The fourth-order valence-corrected chi connectivity index (χ4v) is 1.34. The highest BCUT2D eigenvalue weighted by atomic mass is 15.2. The van der Waals surface area contributed by atoms with Crippen molar-refractivity contribution in [2.75, 3.05) is 16.8 Å². The molecule has 0 aromatic carbocycles. The first kappa shape index (κ1) is 10.2. The van der Waals surface area contributed by atoms with Crippen molar-refractivity contribution in [1.82, 2.24) is 19.9 Å². The molecular formula is C9H13N7. The molecule has 7 heteroatoms. The third-order valence-electron chi connectivity index (χ3n) is 2.17. The van der Waals surface area contributed by atoms with Crippen molar-refractivity contribution < 1.29 is 0 Å². The molecule has 0 aliphatic rings. The lowest BCUT2D eigenvalue weighted by Gasteiger charge is -2.05. The molecule has 2 aromatic heterocycles. The van der Waals surface area contributed by atoms with Crippen LogP contribution in [0.2, 0.25) is 0 Å². The van der Waals surface area contributed by atoms with Crippen LogP contribution in [0.5, 0.6) is 0 Å². The third kappa shape index (κ3) is 2.19. The van der Waals surface area contributed by atoms with Gasteiger partial charge in [0.15, 0.2) is 0 Å². The lowest BCUT2D eigenvalue weighted by Crippen LogP contribution is -2.09. The number of nitrogens with one attached hydrogen (secondary N) is 2. The predicted octanol–water partition coefficient (Wildman–Crippen LogP) is 0.285. The first-order valence-electron chi connectivity index (χ1n) is 4.79. The predicted molar refractivity (Wildman–Crippen MR) is 61.5 cm³/mol. The van der Waals surface area contributed by atoms with E-state index in [1.54, 1.807) is 0 Å². The van der Waals surface area contributed by atoms with Crippen LogP contribution in [0, 0.1) is 6.92 Å². The molecule has 2 heterocycles. The van der Waals surface area contributed by atoms with Crippen molar-refractivity contribution in [3.05, 3.63) is 23.5 Å². The quantitative estimate of drug-likeness (QED) is 0.589. The Labute approximate surface area is 92.3 Å². The summed E-state index contributed by atoms with van der Waals surface area (Å²) in [6.07, 6.45) is 1.88. The Morgan fingerprint density at radius 3 is 2.50 bits per heavy atom. The van der Waals surface area contributed by atoms with Crippen LogP contribution in [-0.2, 0) is 6.54 Å². The fourth-order valence-electron chi connectivity index (χ4n) is 1.34. The molecule has 0 amide bonds. The van der Waals surface area contributed by atoms with Crippen LogP contribution in [0.3, 0.4) is 0 Å². The molecule has 16 heavy (non-hydrogen) atoms. The van der Waals surface area contributed by atoms with E-state index >= 15 is 0 Å². The number of nitrogens with zero attached hydrogens (tertiary/aromatic N) is 3. The van der Waals surface area contributed by atoms with Gasteiger partial charge in [-0.2, -0.15) is 15.0 Å². The molecule has 0 spiro atoms. The fraction of sp³-hybridized carbons (Fsp3) is 0.222. The maximum Gasteiger partial charge on any atom is 0.229 e. The summed E-state index contributed by atoms with van der Waals surface area (Å²) in [4.78, 5) is 14.6. The Morgan fingerprint density at radius 2 is 1.94 bits per heavy atom. The van der Waals surface area contributed by atoms with Crippen molar-refractivity contribution >= 4 is 17.8 Å². The molecule has 0 unspecified atom stereocenters. The molecule has 0 saturated carbocycles. The molecular weight excluding hydrogens is 206 g/mol. The largest absolute Gasteiger partial charge is 0.368 e. The minimum atomic E-state index is 0.112. The molecule has 84 valence electrons. The van der Waals surface area contributed by atoms with Crippen LogP contribution in [0.1, 0.15) is 11.3 Å². The number of H-pyrrole nitrogens is 1. The van der Waals surface area contributed by atoms with Gasteiger partial charge in [0.2, 0.25) is 17.8 Å². The second-order valence-electron chi connectivity index (χ2n) is 3.36. The van der Waals surface area contributed by atoms with Gasteiger partial charge in [0.1, 0.15) is 0 Å². The van der Waals surface area contributed by atoms with Gasteiger partial charge in [-0.15, -0.1) is 0 Å². The standard InChI is InChI=1S/C9H13N7/c1-5-6(2-3-12-5)4-13-9-15-7(10)14-8(11)16-9/h2-3,12H,4H2,1H3,(H5,10,11,13,14,15,16). The van der Waals surface area contributed by atoms with Gasteiger partial charge in [-0.1, -0.05) is 0 Å². The Balaban J connectivity index is 2.07. The van der Waals surface area contributed by atoms with Crippen LogP contribution >= 0.6 is 0 Å². The molecule has 0 bridgehead atoms. The Morgan fingerprint density at radius 1 is 1.25 bits per heavy atom. The van der Waals surface area contributed by atoms with Gasteiger partial charge in [-0.3, -0.25) is 0 Å². The van der Waals surface area contributed by atoms with E-state index in [9.17, 15) is 0 Å². The number of hydrogen-bond acceptors (Lipinski definition) is 6. The van der Waals surface area contributed by atoms with Crippen LogP contribution in [-0.4, -0.2) is 19.9 Å². The number of aromatic nitrogens is 4. The van der Waals surface area contributed by atoms with E-state index in [4.69, 9.17) is 11.5 Å². The summed E-state index contributed by atoms with van der Waals surface area (Å²) in [5.74, 6) is 0.604. The monoisotopic (exact) mass is 219 g/mol. The first-order valence-corrected chi connectivity index (χ1v) is 4.79. The lowest BCUT2D eigenvalue weighted by molar-refractivity contribution is 1.01. The summed E-state index contributed by atoms with van der Waals surface area (Å²) in [6, 6.07) is 1.98. The van der Waals surface area contributed by atoms with E-state index in [0.29, 0.717) is 12.5 Å². The van der Waals surface area contributed by atoms with Crippen molar-refractivity contribution in [2.24, 2.45) is 0 Å². The number of aryl methyl sites for hydroxylation is 1. The van der Waals surface area contributed by atoms with Crippen molar-refractivity contribution in [3.8, 4) is 0 Å². The molecule has 0 fully saturated rings. The van der Waals surface area contributed by atoms with Crippen LogP contribution < -0.4 is 16.8 Å². The average molecular weight is 219 g/mol. The molecule has 0 saturated heterocycles. The van der Waals surface area contributed by atoms with Gasteiger partial charge in [0.25, 0.3) is 0 Å². The van der Waals surface area contributed by atoms with Gasteiger partial charge in [-0.05, 0) is 18.6 Å². The van der Waals surface area contributed by atoms with Crippen molar-refractivity contribution in [3.63, 3.8) is 0 Å². The van der Waals surface area contributed by atoms with E-state index in [0.717, 1.165) is 11.3 Å². The number of nitrogen functional groups attached to an aromatic ring is 2. The highest BCUT2D eigenvalue weighted by molar-refractivity contribution is 5.38. The van der Waals surface area contributed by atoms with E-state index < -0.39 is 0 Å². The number of rotatable bonds is 3. The molecule has 0 radical (unpaired) electrons. The highest BCUT2D eigenvalue weighted by Gasteiger charge is 2.03. The first-order chi connectivity index (χ1) is 7.65. The van der Waals surface area contributed by atoms with E-state index in [1.807, 2.05) is 19.2 Å². The zero-order valence-electron chi connectivity index (χ0n) is 8.86. The number of nitrogens with two attached hydrogens (primary N) is 2. The Hall–Kier alpha value is -2.31. The smallest absolute Gasteiger partial charge is 0.229 e. The van der Waals surface area contributed by atoms with Crippen LogP contribution in [0.4, 0.5) is 17.8 Å². The molecule has 0 atom stereocenters. The number of hydrogen-bond donors (Lipinski definition) is 4. The summed E-state index contributed by atoms with van der Waals surface area (Å²) < 4.78 is 0. The van der Waals surface area contributed by atoms with Gasteiger partial charge >= 0.3 is 0 Å². The molecule has 7 nitrogen and oxygen atoms in total. The maximum atomic E-state index is 5.45. The van der Waals surface area contributed by atoms with E-state index in [1.165, 1.54) is 0 Å². The molecule has 0 aliphatic carbocycles. The zero-order valence-corrected chi connectivity index (χ0v) is 8.86. The Kier molecular flexibility index (Phi) is 2.59. The summed E-state index contributed by atoms with van der Waals surface area (Å²) in [6.45, 7) is 2.60. The SMILES string of the molecule is Cc1[nH]ccc1CNc1nc(N)nc(N)n1. The second kappa shape index (κ2) is 4.05. The van der Waals surface area contributed by atoms with E-state index in [-0.39, 0.29) is 11.9 Å². The van der Waals surface area contributed by atoms with Crippen molar-refractivity contribution in [2.45, 2.75) is 13.5 Å². The van der Waals surface area contributed by atoms with Gasteiger partial charge in [0.05, 0.1) is 0 Å². The molecule has 6 N–H and O–H groups in total. The van der Waals surface area contributed by atoms with Crippen LogP contribution in [0.25, 0.3) is 0 Å². The lowest BCUT2D eigenvalue weighted by atomic mass is 10.2. The third-order valence-corrected chi connectivity index (χ3v) is 2.17. The second-order valence-corrected chi connectivity index (χ2v) is 3.36. The normalized spacial score (nSPS) is 10.3. The van der Waals surface area contributed by atoms with Crippen LogP contribution in [0.15, 0.2) is 12.3 Å². The number of aromatic amines is 1. The zero-order chi connectivity index (χ0) is 11.5. The van der Waals surface area contributed by atoms with Crippen molar-refractivity contribution in [1.29, 1.82) is 0 Å². The van der Waals surface area contributed by atoms with E-state index in [2.05, 4.69) is 25.3 Å².